The number of nitrogens with zero attached hydrogens (tertiary/aromatic N) is 2. The van der Waals surface area contributed by atoms with Gasteiger partial charge in [0.05, 0.1) is 46.2 Å². The van der Waals surface area contributed by atoms with Crippen molar-refractivity contribution in [2.75, 3.05) is 86.1 Å². The average molecular weight is 488 g/mol. The average Bonchev–Trinajstić information content (AvgIpc) is 3.11. The summed E-state index contributed by atoms with van der Waals surface area (Å²) in [5.74, 6) is -0.0847. The second kappa shape index (κ2) is 17.8. The van der Waals surface area contributed by atoms with E-state index in [0.717, 1.165) is 19.4 Å². The Balaban J connectivity index is 1.75. The van der Waals surface area contributed by atoms with Gasteiger partial charge in [-0.3, -0.25) is 19.3 Å². The molecule has 1 N–H and O–H groups in total. The van der Waals surface area contributed by atoms with E-state index in [9.17, 15) is 14.4 Å². The first kappa shape index (κ1) is 30.4. The maximum absolute atomic E-state index is 12.0. The van der Waals surface area contributed by atoms with Gasteiger partial charge in [-0.05, 0) is 12.8 Å². The van der Waals surface area contributed by atoms with Crippen LogP contribution in [-0.2, 0) is 33.3 Å². The minimum atomic E-state index is -0.358. The number of unbranched alkanes of at least 4 members (excludes halogenated alkanes) is 1. The highest BCUT2D eigenvalue weighted by molar-refractivity contribution is 6.01. The lowest BCUT2D eigenvalue weighted by molar-refractivity contribution is -0.140. The summed E-state index contributed by atoms with van der Waals surface area (Å²) in [4.78, 5) is 38.0. The molecule has 0 aromatic heterocycles. The molecule has 34 heavy (non-hydrogen) atoms. The van der Waals surface area contributed by atoms with Gasteiger partial charge in [0.25, 0.3) is 0 Å². The normalized spacial score (nSPS) is 14.3. The van der Waals surface area contributed by atoms with Crippen molar-refractivity contribution >= 4 is 17.7 Å². The van der Waals surface area contributed by atoms with Gasteiger partial charge >= 0.3 is 0 Å². The fraction of sp³-hybridized carbons (Fsp3) is 0.875. The van der Waals surface area contributed by atoms with E-state index in [1.807, 2.05) is 27.8 Å². The zero-order chi connectivity index (χ0) is 25.2. The standard InChI is InChI=1S/C24H45N3O7/c1-24(2,3)23(30)26(4)11-17-31-13-5-6-14-32-19-20-34-16-10-25-9-15-33-18-12-27-21(28)7-8-22(27)29/h25H,5-20H2,1-4H3. The molecule has 0 unspecified atom stereocenters. The molecule has 0 spiro atoms. The molecule has 0 saturated carbocycles. The molecule has 0 bridgehead atoms. The van der Waals surface area contributed by atoms with E-state index in [1.54, 1.807) is 4.90 Å². The molecule has 1 saturated heterocycles. The molecule has 1 aliphatic heterocycles. The summed E-state index contributed by atoms with van der Waals surface area (Å²) >= 11 is 0. The van der Waals surface area contributed by atoms with Crippen LogP contribution in [0.1, 0.15) is 46.5 Å². The van der Waals surface area contributed by atoms with Crippen LogP contribution in [0.2, 0.25) is 0 Å². The molecule has 0 aliphatic carbocycles. The number of hydrogen-bond donors (Lipinski definition) is 1. The number of likely N-dealkylation sites (N-methyl/N-ethyl adjacent to an activating group) is 1. The molecule has 0 aromatic carbocycles. The van der Waals surface area contributed by atoms with E-state index >= 15 is 0 Å². The van der Waals surface area contributed by atoms with Crippen molar-refractivity contribution in [3.8, 4) is 0 Å². The molecule has 10 nitrogen and oxygen atoms in total. The Hall–Kier alpha value is -1.59. The Morgan fingerprint density at radius 2 is 1.32 bits per heavy atom. The van der Waals surface area contributed by atoms with Crippen molar-refractivity contribution in [1.29, 1.82) is 0 Å². The number of rotatable bonds is 20. The molecule has 1 fully saturated rings. The summed E-state index contributed by atoms with van der Waals surface area (Å²) in [6.45, 7) is 12.6. The van der Waals surface area contributed by atoms with Crippen LogP contribution in [0.3, 0.4) is 0 Å². The summed E-state index contributed by atoms with van der Waals surface area (Å²) < 4.78 is 22.1. The molecule has 1 rings (SSSR count). The van der Waals surface area contributed by atoms with E-state index < -0.39 is 0 Å². The van der Waals surface area contributed by atoms with Gasteiger partial charge in [-0.15, -0.1) is 0 Å². The van der Waals surface area contributed by atoms with Crippen molar-refractivity contribution in [1.82, 2.24) is 15.1 Å². The maximum atomic E-state index is 12.0. The summed E-state index contributed by atoms with van der Waals surface area (Å²) in [6, 6.07) is 0. The van der Waals surface area contributed by atoms with Crippen molar-refractivity contribution in [3.63, 3.8) is 0 Å². The van der Waals surface area contributed by atoms with Crippen molar-refractivity contribution in [2.45, 2.75) is 46.5 Å². The van der Waals surface area contributed by atoms with Gasteiger partial charge in [0.15, 0.2) is 0 Å². The lowest BCUT2D eigenvalue weighted by Gasteiger charge is -2.25. The van der Waals surface area contributed by atoms with Gasteiger partial charge in [0.2, 0.25) is 17.7 Å². The number of ether oxygens (including phenoxy) is 4. The van der Waals surface area contributed by atoms with Gasteiger partial charge in [-0.1, -0.05) is 20.8 Å². The number of nitrogens with one attached hydrogen (secondary N) is 1. The topological polar surface area (TPSA) is 107 Å². The van der Waals surface area contributed by atoms with Crippen LogP contribution in [0, 0.1) is 5.41 Å². The number of amides is 3. The van der Waals surface area contributed by atoms with E-state index in [1.165, 1.54) is 4.90 Å². The zero-order valence-corrected chi connectivity index (χ0v) is 21.6. The Morgan fingerprint density at radius 1 is 0.824 bits per heavy atom. The van der Waals surface area contributed by atoms with Gasteiger partial charge in [0, 0.05) is 58.2 Å². The number of likely N-dealkylation sites (tertiary alicyclic amines) is 1. The largest absolute Gasteiger partial charge is 0.380 e. The summed E-state index contributed by atoms with van der Waals surface area (Å²) in [6.07, 6.45) is 2.50. The third-order valence-electron chi connectivity index (χ3n) is 5.22. The molecule has 10 heteroatoms. The minimum absolute atomic E-state index is 0.104. The van der Waals surface area contributed by atoms with Crippen molar-refractivity contribution in [3.05, 3.63) is 0 Å². The fourth-order valence-corrected chi connectivity index (χ4v) is 3.25. The van der Waals surface area contributed by atoms with Crippen LogP contribution in [0.5, 0.6) is 0 Å². The van der Waals surface area contributed by atoms with Crippen LogP contribution in [0.4, 0.5) is 0 Å². The van der Waals surface area contributed by atoms with Gasteiger partial charge in [-0.2, -0.15) is 0 Å². The number of hydrogen-bond acceptors (Lipinski definition) is 8. The highest BCUT2D eigenvalue weighted by atomic mass is 16.5. The number of carbonyl (C=O) groups is 3. The van der Waals surface area contributed by atoms with Crippen LogP contribution in [0.25, 0.3) is 0 Å². The van der Waals surface area contributed by atoms with Crippen LogP contribution in [0.15, 0.2) is 0 Å². The van der Waals surface area contributed by atoms with E-state index in [-0.39, 0.29) is 23.1 Å². The van der Waals surface area contributed by atoms with E-state index in [4.69, 9.17) is 18.9 Å². The SMILES string of the molecule is CN(CCOCCCCOCCOCCNCCOCCN1C(=O)CCC1=O)C(=O)C(C)(C)C. The molecule has 0 atom stereocenters. The van der Waals surface area contributed by atoms with Gasteiger partial charge in [0.1, 0.15) is 0 Å². The summed E-state index contributed by atoms with van der Waals surface area (Å²) in [5, 5.41) is 3.21. The van der Waals surface area contributed by atoms with Crippen molar-refractivity contribution < 1.29 is 33.3 Å². The fourth-order valence-electron chi connectivity index (χ4n) is 3.25. The van der Waals surface area contributed by atoms with Crippen LogP contribution in [-0.4, -0.2) is 114 Å². The Bertz CT molecular complexity index is 580. The van der Waals surface area contributed by atoms with Crippen molar-refractivity contribution in [2.24, 2.45) is 5.41 Å². The van der Waals surface area contributed by atoms with Crippen LogP contribution >= 0.6 is 0 Å². The van der Waals surface area contributed by atoms with Gasteiger partial charge in [-0.25, -0.2) is 0 Å². The zero-order valence-electron chi connectivity index (χ0n) is 21.6. The first-order valence-electron chi connectivity index (χ1n) is 12.3. The monoisotopic (exact) mass is 487 g/mol. The minimum Gasteiger partial charge on any atom is -0.380 e. The third-order valence-corrected chi connectivity index (χ3v) is 5.22. The highest BCUT2D eigenvalue weighted by Crippen LogP contribution is 2.16. The molecular weight excluding hydrogens is 442 g/mol. The Labute approximate surface area is 204 Å². The quantitative estimate of drug-likeness (QED) is 0.201. The molecular formula is C24H45N3O7. The highest BCUT2D eigenvalue weighted by Gasteiger charge is 2.28. The van der Waals surface area contributed by atoms with Gasteiger partial charge < -0.3 is 29.2 Å². The number of imide groups is 1. The van der Waals surface area contributed by atoms with E-state index in [2.05, 4.69) is 5.32 Å². The molecule has 1 heterocycles. The first-order valence-corrected chi connectivity index (χ1v) is 12.3. The second-order valence-corrected chi connectivity index (χ2v) is 9.32. The lowest BCUT2D eigenvalue weighted by atomic mass is 9.95. The molecule has 198 valence electrons. The second-order valence-electron chi connectivity index (χ2n) is 9.32. The predicted octanol–water partition coefficient (Wildman–Crippen LogP) is 1.08. The Morgan fingerprint density at radius 3 is 1.88 bits per heavy atom. The smallest absolute Gasteiger partial charge is 0.229 e. The lowest BCUT2D eigenvalue weighted by Crippen LogP contribution is -2.38. The predicted molar refractivity (Wildman–Crippen MR) is 128 cm³/mol. The van der Waals surface area contributed by atoms with E-state index in [0.29, 0.717) is 85.3 Å². The van der Waals surface area contributed by atoms with Crippen LogP contribution < -0.4 is 5.32 Å². The third kappa shape index (κ3) is 14.0. The maximum Gasteiger partial charge on any atom is 0.229 e. The first-order chi connectivity index (χ1) is 16.2. The molecule has 0 radical (unpaired) electrons. The summed E-state index contributed by atoms with van der Waals surface area (Å²) in [7, 11) is 1.81. The molecule has 3 amide bonds. The molecule has 0 aromatic rings. The Kier molecular flexibility index (Phi) is 15.9. The molecule has 1 aliphatic rings. The summed E-state index contributed by atoms with van der Waals surface area (Å²) in [5.41, 5.74) is -0.358. The number of carbonyl (C=O) groups excluding carboxylic acids is 3.